The van der Waals surface area contributed by atoms with Crippen LogP contribution in [-0.4, -0.2) is 30.4 Å². The summed E-state index contributed by atoms with van der Waals surface area (Å²) in [6.45, 7) is 4.31. The van der Waals surface area contributed by atoms with Crippen molar-refractivity contribution in [2.75, 3.05) is 6.54 Å². The number of carbonyl (C=O) groups is 3. The van der Waals surface area contributed by atoms with Crippen LogP contribution in [0, 0.1) is 0 Å². The molecule has 1 aliphatic rings. The Morgan fingerprint density at radius 1 is 1.32 bits per heavy atom. The Bertz CT molecular complexity index is 616. The molecule has 1 atom stereocenters. The fourth-order valence-electron chi connectivity index (χ4n) is 2.29. The second kappa shape index (κ2) is 6.36. The molecule has 1 unspecified atom stereocenters. The number of urea groups is 1. The number of amides is 4. The van der Waals surface area contributed by atoms with Crippen molar-refractivity contribution in [1.82, 2.24) is 16.0 Å². The number of rotatable bonds is 5. The average Bonchev–Trinajstić information content (AvgIpc) is 2.75. The van der Waals surface area contributed by atoms with Crippen molar-refractivity contribution in [2.45, 2.75) is 31.7 Å². The summed E-state index contributed by atoms with van der Waals surface area (Å²) in [6.07, 6.45) is -0.0871. The van der Waals surface area contributed by atoms with Crippen molar-refractivity contribution in [3.8, 4) is 0 Å². The molecule has 1 aromatic rings. The van der Waals surface area contributed by atoms with E-state index in [9.17, 15) is 14.4 Å². The molecular weight excluding hydrogens is 306 g/mol. The highest BCUT2D eigenvalue weighted by atomic mass is 35.5. The molecule has 0 bridgehead atoms. The van der Waals surface area contributed by atoms with Gasteiger partial charge in [0, 0.05) is 17.0 Å². The third-order valence-electron chi connectivity index (χ3n) is 3.58. The molecular formula is C15H18ClN3O3. The average molecular weight is 324 g/mol. The Morgan fingerprint density at radius 3 is 2.59 bits per heavy atom. The van der Waals surface area contributed by atoms with Crippen LogP contribution in [0.25, 0.3) is 0 Å². The normalized spacial score (nSPS) is 17.9. The lowest BCUT2D eigenvalue weighted by Gasteiger charge is -2.26. The minimum atomic E-state index is -0.809. The summed E-state index contributed by atoms with van der Waals surface area (Å²) in [6, 6.07) is 6.08. The predicted molar refractivity (Wildman–Crippen MR) is 82.6 cm³/mol. The second-order valence-corrected chi connectivity index (χ2v) is 6.27. The standard InChI is InChI=1S/C15H18ClN3O3/c1-15(2,9-5-3-4-6-10(9)16)8-17-12(20)7-11-13(21)19-14(22)18-11/h3-6,11H,7-8H2,1-2H3,(H,17,20)(H2,18,19,21,22). The van der Waals surface area contributed by atoms with E-state index in [2.05, 4.69) is 16.0 Å². The zero-order valence-electron chi connectivity index (χ0n) is 12.4. The summed E-state index contributed by atoms with van der Waals surface area (Å²) in [5, 5.41) is 7.91. The summed E-state index contributed by atoms with van der Waals surface area (Å²) < 4.78 is 0. The van der Waals surface area contributed by atoms with Gasteiger partial charge in [-0.2, -0.15) is 0 Å². The van der Waals surface area contributed by atoms with Crippen LogP contribution in [-0.2, 0) is 15.0 Å². The minimum absolute atomic E-state index is 0.0871. The van der Waals surface area contributed by atoms with Crippen molar-refractivity contribution < 1.29 is 14.4 Å². The minimum Gasteiger partial charge on any atom is -0.355 e. The smallest absolute Gasteiger partial charge is 0.322 e. The molecule has 1 saturated heterocycles. The highest BCUT2D eigenvalue weighted by Crippen LogP contribution is 2.28. The maximum absolute atomic E-state index is 11.9. The number of carbonyl (C=O) groups excluding carboxylic acids is 3. The third kappa shape index (κ3) is 3.76. The van der Waals surface area contributed by atoms with Crippen LogP contribution in [0.4, 0.5) is 4.79 Å². The van der Waals surface area contributed by atoms with Gasteiger partial charge in [-0.05, 0) is 11.6 Å². The van der Waals surface area contributed by atoms with Crippen molar-refractivity contribution in [3.63, 3.8) is 0 Å². The van der Waals surface area contributed by atoms with Crippen molar-refractivity contribution >= 4 is 29.4 Å². The molecule has 118 valence electrons. The van der Waals surface area contributed by atoms with E-state index in [1.54, 1.807) is 6.07 Å². The van der Waals surface area contributed by atoms with Crippen LogP contribution in [0.5, 0.6) is 0 Å². The quantitative estimate of drug-likeness (QED) is 0.714. The highest BCUT2D eigenvalue weighted by Gasteiger charge is 2.32. The summed E-state index contributed by atoms with van der Waals surface area (Å²) in [5.41, 5.74) is 0.582. The number of imide groups is 1. The van der Waals surface area contributed by atoms with Gasteiger partial charge in [-0.25, -0.2) is 4.79 Å². The Hall–Kier alpha value is -2.08. The fraction of sp³-hybridized carbons (Fsp3) is 0.400. The first-order chi connectivity index (χ1) is 10.3. The fourth-order valence-corrected chi connectivity index (χ4v) is 2.68. The molecule has 0 saturated carbocycles. The largest absolute Gasteiger partial charge is 0.355 e. The van der Waals surface area contributed by atoms with Gasteiger partial charge in [-0.1, -0.05) is 43.6 Å². The van der Waals surface area contributed by atoms with Gasteiger partial charge in [0.15, 0.2) is 0 Å². The molecule has 2 rings (SSSR count). The van der Waals surface area contributed by atoms with Crippen LogP contribution in [0.1, 0.15) is 25.8 Å². The molecule has 7 heteroatoms. The van der Waals surface area contributed by atoms with E-state index < -0.39 is 18.0 Å². The first-order valence-electron chi connectivity index (χ1n) is 6.92. The van der Waals surface area contributed by atoms with E-state index in [4.69, 9.17) is 11.6 Å². The number of benzene rings is 1. The molecule has 1 aromatic carbocycles. The summed E-state index contributed by atoms with van der Waals surface area (Å²) in [4.78, 5) is 34.3. The maximum Gasteiger partial charge on any atom is 0.322 e. The molecule has 4 amide bonds. The molecule has 0 aromatic heterocycles. The molecule has 1 aliphatic heterocycles. The van der Waals surface area contributed by atoms with E-state index in [1.807, 2.05) is 32.0 Å². The number of hydrogen-bond donors (Lipinski definition) is 3. The summed E-state index contributed by atoms with van der Waals surface area (Å²) >= 11 is 6.18. The van der Waals surface area contributed by atoms with Gasteiger partial charge >= 0.3 is 6.03 Å². The van der Waals surface area contributed by atoms with E-state index in [0.717, 1.165) is 5.56 Å². The third-order valence-corrected chi connectivity index (χ3v) is 3.91. The topological polar surface area (TPSA) is 87.3 Å². The van der Waals surface area contributed by atoms with E-state index in [0.29, 0.717) is 11.6 Å². The van der Waals surface area contributed by atoms with Crippen LogP contribution in [0.15, 0.2) is 24.3 Å². The zero-order chi connectivity index (χ0) is 16.3. The van der Waals surface area contributed by atoms with Crippen LogP contribution < -0.4 is 16.0 Å². The lowest BCUT2D eigenvalue weighted by Crippen LogP contribution is -2.41. The van der Waals surface area contributed by atoms with Crippen LogP contribution in [0.3, 0.4) is 0 Å². The summed E-state index contributed by atoms with van der Waals surface area (Å²) in [5.74, 6) is -0.784. The van der Waals surface area contributed by atoms with Crippen LogP contribution >= 0.6 is 11.6 Å². The van der Waals surface area contributed by atoms with Gasteiger partial charge in [0.25, 0.3) is 5.91 Å². The maximum atomic E-state index is 11.9. The summed E-state index contributed by atoms with van der Waals surface area (Å²) in [7, 11) is 0. The van der Waals surface area contributed by atoms with Crippen molar-refractivity contribution in [3.05, 3.63) is 34.9 Å². The van der Waals surface area contributed by atoms with E-state index in [-0.39, 0.29) is 17.7 Å². The first-order valence-corrected chi connectivity index (χ1v) is 7.30. The molecule has 3 N–H and O–H groups in total. The van der Waals surface area contributed by atoms with Crippen molar-refractivity contribution in [1.29, 1.82) is 0 Å². The van der Waals surface area contributed by atoms with E-state index in [1.165, 1.54) is 0 Å². The van der Waals surface area contributed by atoms with Gasteiger partial charge in [0.05, 0.1) is 6.42 Å². The van der Waals surface area contributed by atoms with Gasteiger partial charge in [0.1, 0.15) is 6.04 Å². The SMILES string of the molecule is CC(C)(CNC(=O)CC1NC(=O)NC1=O)c1ccccc1Cl. The van der Waals surface area contributed by atoms with Gasteiger partial charge in [-0.3, -0.25) is 14.9 Å². The molecule has 0 spiro atoms. The van der Waals surface area contributed by atoms with Gasteiger partial charge in [0.2, 0.25) is 5.91 Å². The molecule has 1 fully saturated rings. The molecule has 6 nitrogen and oxygen atoms in total. The van der Waals surface area contributed by atoms with E-state index >= 15 is 0 Å². The Morgan fingerprint density at radius 2 is 2.00 bits per heavy atom. The molecule has 1 heterocycles. The molecule has 22 heavy (non-hydrogen) atoms. The number of hydrogen-bond acceptors (Lipinski definition) is 3. The Kier molecular flexibility index (Phi) is 4.71. The first kappa shape index (κ1) is 16.3. The van der Waals surface area contributed by atoms with Crippen LogP contribution in [0.2, 0.25) is 5.02 Å². The molecule has 0 radical (unpaired) electrons. The number of halogens is 1. The second-order valence-electron chi connectivity index (χ2n) is 5.86. The highest BCUT2D eigenvalue weighted by molar-refractivity contribution is 6.31. The lowest BCUT2D eigenvalue weighted by atomic mass is 9.84. The van der Waals surface area contributed by atoms with Gasteiger partial charge in [-0.15, -0.1) is 0 Å². The number of nitrogens with one attached hydrogen (secondary N) is 3. The zero-order valence-corrected chi connectivity index (χ0v) is 13.2. The Labute approximate surface area is 133 Å². The Balaban J connectivity index is 1.92. The lowest BCUT2D eigenvalue weighted by molar-refractivity contribution is -0.126. The predicted octanol–water partition coefficient (Wildman–Crippen LogP) is 1.33. The van der Waals surface area contributed by atoms with Crippen molar-refractivity contribution in [2.24, 2.45) is 0 Å². The monoisotopic (exact) mass is 323 g/mol. The molecule has 0 aliphatic carbocycles. The van der Waals surface area contributed by atoms with Gasteiger partial charge < -0.3 is 10.6 Å².